The van der Waals surface area contributed by atoms with Gasteiger partial charge in [0.2, 0.25) is 0 Å². The Morgan fingerprint density at radius 3 is 2.87 bits per heavy atom. The van der Waals surface area contributed by atoms with Crippen molar-refractivity contribution in [3.63, 3.8) is 0 Å². The number of amides is 1. The Kier molecular flexibility index (Phi) is 3.79. The van der Waals surface area contributed by atoms with E-state index < -0.39 is 12.0 Å². The van der Waals surface area contributed by atoms with Gasteiger partial charge in [0.1, 0.15) is 0 Å². The van der Waals surface area contributed by atoms with Crippen LogP contribution in [0.15, 0.2) is 24.5 Å². The van der Waals surface area contributed by atoms with Gasteiger partial charge in [-0.25, -0.2) is 0 Å². The first-order valence-corrected chi connectivity index (χ1v) is 4.52. The molecule has 80 valence electrons. The van der Waals surface area contributed by atoms with Gasteiger partial charge in [-0.2, -0.15) is 0 Å². The van der Waals surface area contributed by atoms with Crippen LogP contribution in [0.1, 0.15) is 23.7 Å². The number of hydrogen-bond donors (Lipinski definition) is 2. The van der Waals surface area contributed by atoms with Gasteiger partial charge in [-0.05, 0) is 19.1 Å². The highest BCUT2D eigenvalue weighted by atomic mass is 16.4. The summed E-state index contributed by atoms with van der Waals surface area (Å²) in [7, 11) is 0. The maximum atomic E-state index is 11.5. The van der Waals surface area contributed by atoms with Gasteiger partial charge in [0.25, 0.3) is 5.91 Å². The Labute approximate surface area is 87.1 Å². The van der Waals surface area contributed by atoms with E-state index in [0.29, 0.717) is 5.56 Å². The molecule has 0 aliphatic rings. The van der Waals surface area contributed by atoms with Gasteiger partial charge >= 0.3 is 5.97 Å². The normalized spacial score (nSPS) is 11.8. The number of carbonyl (C=O) groups is 2. The summed E-state index contributed by atoms with van der Waals surface area (Å²) < 4.78 is 0. The zero-order valence-electron chi connectivity index (χ0n) is 8.30. The number of carboxylic acids is 1. The Balaban J connectivity index is 2.53. The molecule has 1 unspecified atom stereocenters. The van der Waals surface area contributed by atoms with E-state index in [1.807, 2.05) is 0 Å². The lowest BCUT2D eigenvalue weighted by Crippen LogP contribution is -2.34. The average Bonchev–Trinajstić information content (AvgIpc) is 2.17. The van der Waals surface area contributed by atoms with E-state index >= 15 is 0 Å². The molecule has 0 saturated heterocycles. The van der Waals surface area contributed by atoms with Crippen molar-refractivity contribution >= 4 is 11.9 Å². The molecule has 0 fully saturated rings. The number of pyridine rings is 1. The SMILES string of the molecule is CC(CC(=O)O)NC(=O)c1cccnc1. The van der Waals surface area contributed by atoms with Gasteiger partial charge in [-0.15, -0.1) is 0 Å². The van der Waals surface area contributed by atoms with Crippen LogP contribution < -0.4 is 5.32 Å². The smallest absolute Gasteiger partial charge is 0.305 e. The van der Waals surface area contributed by atoms with Gasteiger partial charge in [0.05, 0.1) is 12.0 Å². The van der Waals surface area contributed by atoms with Gasteiger partial charge in [0.15, 0.2) is 0 Å². The third-order valence-electron chi connectivity index (χ3n) is 1.78. The van der Waals surface area contributed by atoms with Crippen molar-refractivity contribution in [2.45, 2.75) is 19.4 Å². The summed E-state index contributed by atoms with van der Waals surface area (Å²) in [4.78, 5) is 25.7. The fourth-order valence-electron chi connectivity index (χ4n) is 1.12. The number of aliphatic carboxylic acids is 1. The number of hydrogen-bond acceptors (Lipinski definition) is 3. The van der Waals surface area contributed by atoms with E-state index in [4.69, 9.17) is 5.11 Å². The Hall–Kier alpha value is -1.91. The standard InChI is InChI=1S/C10H12N2O3/c1-7(5-9(13)14)12-10(15)8-3-2-4-11-6-8/h2-4,6-7H,5H2,1H3,(H,12,15)(H,13,14). The molecular weight excluding hydrogens is 196 g/mol. The molecule has 5 heteroatoms. The van der Waals surface area contributed by atoms with Gasteiger partial charge in [-0.1, -0.05) is 0 Å². The van der Waals surface area contributed by atoms with E-state index in [2.05, 4.69) is 10.3 Å². The molecule has 5 nitrogen and oxygen atoms in total. The molecule has 2 N–H and O–H groups in total. The summed E-state index contributed by atoms with van der Waals surface area (Å²) in [6.07, 6.45) is 2.91. The van der Waals surface area contributed by atoms with Crippen molar-refractivity contribution in [3.05, 3.63) is 30.1 Å². The number of aromatic nitrogens is 1. The topological polar surface area (TPSA) is 79.3 Å². The second-order valence-corrected chi connectivity index (χ2v) is 3.21. The molecule has 0 saturated carbocycles. The molecule has 15 heavy (non-hydrogen) atoms. The first kappa shape index (κ1) is 11.2. The first-order valence-electron chi connectivity index (χ1n) is 4.52. The van der Waals surface area contributed by atoms with Crippen molar-refractivity contribution in [2.24, 2.45) is 0 Å². The van der Waals surface area contributed by atoms with Crippen molar-refractivity contribution in [3.8, 4) is 0 Å². The summed E-state index contributed by atoms with van der Waals surface area (Å²) in [6, 6.07) is 2.88. The highest BCUT2D eigenvalue weighted by Gasteiger charge is 2.11. The minimum Gasteiger partial charge on any atom is -0.481 e. The maximum Gasteiger partial charge on any atom is 0.305 e. The minimum absolute atomic E-state index is 0.0913. The van der Waals surface area contributed by atoms with Crippen LogP contribution in [-0.4, -0.2) is 28.0 Å². The second kappa shape index (κ2) is 5.09. The molecule has 1 amide bonds. The lowest BCUT2D eigenvalue weighted by molar-refractivity contribution is -0.137. The van der Waals surface area contributed by atoms with E-state index in [1.54, 1.807) is 25.3 Å². The summed E-state index contributed by atoms with van der Waals surface area (Å²) in [6.45, 7) is 1.64. The van der Waals surface area contributed by atoms with E-state index in [1.165, 1.54) is 6.20 Å². The highest BCUT2D eigenvalue weighted by molar-refractivity contribution is 5.94. The van der Waals surface area contributed by atoms with Gasteiger partial charge in [-0.3, -0.25) is 14.6 Å². The van der Waals surface area contributed by atoms with Crippen LogP contribution in [0.2, 0.25) is 0 Å². The average molecular weight is 208 g/mol. The van der Waals surface area contributed by atoms with Crippen molar-refractivity contribution < 1.29 is 14.7 Å². The molecule has 1 aromatic rings. The quantitative estimate of drug-likeness (QED) is 0.762. The summed E-state index contributed by atoms with van der Waals surface area (Å²) >= 11 is 0. The van der Waals surface area contributed by atoms with Crippen LogP contribution in [0.4, 0.5) is 0 Å². The molecule has 0 aromatic carbocycles. The third-order valence-corrected chi connectivity index (χ3v) is 1.78. The van der Waals surface area contributed by atoms with Crippen LogP contribution in [0.5, 0.6) is 0 Å². The van der Waals surface area contributed by atoms with Gasteiger partial charge < -0.3 is 10.4 Å². The molecule has 0 radical (unpaired) electrons. The predicted molar refractivity (Wildman–Crippen MR) is 53.4 cm³/mol. The molecular formula is C10H12N2O3. The summed E-state index contributed by atoms with van der Waals surface area (Å²) in [5.41, 5.74) is 0.426. The van der Waals surface area contributed by atoms with E-state index in [-0.39, 0.29) is 12.3 Å². The first-order chi connectivity index (χ1) is 7.09. The lowest BCUT2D eigenvalue weighted by Gasteiger charge is -2.10. The molecule has 0 aliphatic heterocycles. The number of rotatable bonds is 4. The third kappa shape index (κ3) is 3.76. The Bertz CT molecular complexity index is 351. The molecule has 1 atom stereocenters. The lowest BCUT2D eigenvalue weighted by atomic mass is 10.2. The number of nitrogens with one attached hydrogen (secondary N) is 1. The molecule has 1 heterocycles. The number of nitrogens with zero attached hydrogens (tertiary/aromatic N) is 1. The van der Waals surface area contributed by atoms with Crippen LogP contribution >= 0.6 is 0 Å². The van der Waals surface area contributed by atoms with Crippen LogP contribution in [0.3, 0.4) is 0 Å². The zero-order valence-corrected chi connectivity index (χ0v) is 8.30. The monoisotopic (exact) mass is 208 g/mol. The Morgan fingerprint density at radius 2 is 2.33 bits per heavy atom. The van der Waals surface area contributed by atoms with Crippen molar-refractivity contribution in [1.29, 1.82) is 0 Å². The van der Waals surface area contributed by atoms with E-state index in [9.17, 15) is 9.59 Å². The zero-order chi connectivity index (χ0) is 11.3. The number of carboxylic acid groups (broad SMARTS) is 1. The summed E-state index contributed by atoms with van der Waals surface area (Å²) in [5, 5.41) is 11.1. The molecule has 1 rings (SSSR count). The van der Waals surface area contributed by atoms with E-state index in [0.717, 1.165) is 0 Å². The van der Waals surface area contributed by atoms with Crippen molar-refractivity contribution in [2.75, 3.05) is 0 Å². The molecule has 0 spiro atoms. The van der Waals surface area contributed by atoms with Crippen LogP contribution in [0.25, 0.3) is 0 Å². The van der Waals surface area contributed by atoms with Crippen LogP contribution in [0, 0.1) is 0 Å². The number of carbonyl (C=O) groups excluding carboxylic acids is 1. The fraction of sp³-hybridized carbons (Fsp3) is 0.300. The molecule has 0 aliphatic carbocycles. The maximum absolute atomic E-state index is 11.5. The summed E-state index contributed by atoms with van der Waals surface area (Å²) in [5.74, 6) is -1.24. The largest absolute Gasteiger partial charge is 0.481 e. The molecule has 0 bridgehead atoms. The highest BCUT2D eigenvalue weighted by Crippen LogP contribution is 1.98. The second-order valence-electron chi connectivity index (χ2n) is 3.21. The fourth-order valence-corrected chi connectivity index (χ4v) is 1.12. The van der Waals surface area contributed by atoms with Crippen LogP contribution in [-0.2, 0) is 4.79 Å². The molecule has 1 aromatic heterocycles. The predicted octanol–water partition coefficient (Wildman–Crippen LogP) is 0.675. The Morgan fingerprint density at radius 1 is 1.60 bits per heavy atom. The van der Waals surface area contributed by atoms with Gasteiger partial charge in [0, 0.05) is 18.4 Å². The van der Waals surface area contributed by atoms with Crippen molar-refractivity contribution in [1.82, 2.24) is 10.3 Å². The minimum atomic E-state index is -0.936.